The van der Waals surface area contributed by atoms with E-state index in [1.54, 1.807) is 9.03 Å². The van der Waals surface area contributed by atoms with E-state index in [2.05, 4.69) is 41.1 Å². The summed E-state index contributed by atoms with van der Waals surface area (Å²) in [7, 11) is 0. The Kier molecular flexibility index (Phi) is 7.89. The molecule has 9 rings (SSSR count). The van der Waals surface area contributed by atoms with Gasteiger partial charge in [0.1, 0.15) is 22.1 Å². The fourth-order valence-electron chi connectivity index (χ4n) is 7.38. The summed E-state index contributed by atoms with van der Waals surface area (Å²) in [5, 5.41) is 26.9. The van der Waals surface area contributed by atoms with Gasteiger partial charge in [0.2, 0.25) is 0 Å². The molecular formula is C37H38N10O2. The van der Waals surface area contributed by atoms with Crippen LogP contribution in [0.15, 0.2) is 82.4 Å². The quantitative estimate of drug-likeness (QED) is 0.160. The van der Waals surface area contributed by atoms with Crippen molar-refractivity contribution in [3.63, 3.8) is 0 Å². The highest BCUT2D eigenvalue weighted by atomic mass is 16.1. The van der Waals surface area contributed by atoms with E-state index in [1.165, 1.54) is 0 Å². The van der Waals surface area contributed by atoms with Crippen molar-refractivity contribution in [1.29, 1.82) is 0 Å². The molecule has 1 aliphatic heterocycles. The largest absolute Gasteiger partial charge is 0.384 e. The van der Waals surface area contributed by atoms with Crippen molar-refractivity contribution < 1.29 is 0 Å². The lowest BCUT2D eigenvalue weighted by molar-refractivity contribution is 0.132. The number of aromatic nitrogens is 6. The molecule has 0 radical (unpaired) electrons. The van der Waals surface area contributed by atoms with E-state index in [1.807, 2.05) is 72.8 Å². The van der Waals surface area contributed by atoms with Gasteiger partial charge in [0.05, 0.1) is 21.8 Å². The molecule has 4 aromatic carbocycles. The van der Waals surface area contributed by atoms with Gasteiger partial charge in [-0.15, -0.1) is 10.2 Å². The lowest BCUT2D eigenvalue weighted by atomic mass is 10.1. The SMILES string of the molecule is C.O=c1c2ccccc2n2nnc3ccc(NCCCN4CCN(CCCNc5ccc6nnn7c8ccccc8c(=O)c5c67)CC4)c1c32. The van der Waals surface area contributed by atoms with E-state index in [-0.39, 0.29) is 18.3 Å². The van der Waals surface area contributed by atoms with Crippen molar-refractivity contribution in [2.75, 3.05) is 63.0 Å². The standard InChI is InChI=1S/C36H34N10O2.CH4/c47-35-23-7-1-3-9-29(23)45-33-27(39-41-45)13-11-25(31(33)35)37-15-5-17-43-19-21-44(22-20-43)18-6-16-38-26-12-14-28-34-32(26)36(48)24-8-2-4-10-30(24)46(34)42-40-28;/h1-4,7-14,37-38H,5-6,15-22H2;1H4. The summed E-state index contributed by atoms with van der Waals surface area (Å²) in [5.41, 5.74) is 6.26. The summed E-state index contributed by atoms with van der Waals surface area (Å²) < 4.78 is 3.57. The van der Waals surface area contributed by atoms with E-state index in [0.717, 1.165) is 110 Å². The lowest BCUT2D eigenvalue weighted by Crippen LogP contribution is -2.47. The molecule has 49 heavy (non-hydrogen) atoms. The summed E-state index contributed by atoms with van der Waals surface area (Å²) >= 11 is 0. The predicted molar refractivity (Wildman–Crippen MR) is 197 cm³/mol. The molecular weight excluding hydrogens is 616 g/mol. The third-order valence-corrected chi connectivity index (χ3v) is 9.83. The van der Waals surface area contributed by atoms with Crippen LogP contribution in [0.1, 0.15) is 20.3 Å². The molecule has 12 heteroatoms. The summed E-state index contributed by atoms with van der Waals surface area (Å²) in [4.78, 5) is 32.0. The number of nitrogens with zero attached hydrogens (tertiary/aromatic N) is 8. The van der Waals surface area contributed by atoms with Crippen molar-refractivity contribution >= 4 is 66.0 Å². The lowest BCUT2D eigenvalue weighted by Gasteiger charge is -2.34. The highest BCUT2D eigenvalue weighted by Crippen LogP contribution is 2.29. The smallest absolute Gasteiger partial charge is 0.199 e. The van der Waals surface area contributed by atoms with Gasteiger partial charge in [0.15, 0.2) is 10.9 Å². The van der Waals surface area contributed by atoms with Gasteiger partial charge in [-0.3, -0.25) is 9.59 Å². The molecule has 8 aromatic rings. The maximum Gasteiger partial charge on any atom is 0.199 e. The molecule has 0 unspecified atom stereocenters. The predicted octanol–water partition coefficient (Wildman–Crippen LogP) is 4.54. The highest BCUT2D eigenvalue weighted by Gasteiger charge is 2.20. The molecule has 0 bridgehead atoms. The van der Waals surface area contributed by atoms with Gasteiger partial charge >= 0.3 is 0 Å². The Bertz CT molecular complexity index is 2380. The fourth-order valence-corrected chi connectivity index (χ4v) is 7.38. The number of hydrogen-bond acceptors (Lipinski definition) is 10. The highest BCUT2D eigenvalue weighted by molar-refractivity contribution is 6.07. The number of hydrogen-bond donors (Lipinski definition) is 2. The van der Waals surface area contributed by atoms with Gasteiger partial charge in [-0.05, 0) is 74.5 Å². The van der Waals surface area contributed by atoms with Crippen LogP contribution in [0.25, 0.3) is 54.6 Å². The van der Waals surface area contributed by atoms with Crippen LogP contribution in [0, 0.1) is 0 Å². The van der Waals surface area contributed by atoms with Crippen LogP contribution < -0.4 is 21.5 Å². The second kappa shape index (κ2) is 12.5. The van der Waals surface area contributed by atoms with Crippen molar-refractivity contribution in [2.45, 2.75) is 20.3 Å². The number of nitrogens with one attached hydrogen (secondary N) is 2. The molecule has 0 atom stereocenters. The Morgan fingerprint density at radius 3 is 1.45 bits per heavy atom. The number of fused-ring (bicyclic) bond motifs is 4. The Labute approximate surface area is 281 Å². The minimum absolute atomic E-state index is 0. The van der Waals surface area contributed by atoms with E-state index >= 15 is 0 Å². The minimum Gasteiger partial charge on any atom is -0.384 e. The van der Waals surface area contributed by atoms with Crippen LogP contribution in [0.2, 0.25) is 0 Å². The molecule has 248 valence electrons. The Morgan fingerprint density at radius 2 is 1.00 bits per heavy atom. The van der Waals surface area contributed by atoms with Gasteiger partial charge in [-0.1, -0.05) is 42.1 Å². The Morgan fingerprint density at radius 1 is 0.571 bits per heavy atom. The average Bonchev–Trinajstić information content (AvgIpc) is 3.76. The van der Waals surface area contributed by atoms with Crippen LogP contribution in [0.5, 0.6) is 0 Å². The van der Waals surface area contributed by atoms with Gasteiger partial charge in [0.25, 0.3) is 0 Å². The molecule has 0 saturated carbocycles. The summed E-state index contributed by atoms with van der Waals surface area (Å²) in [5.74, 6) is 0. The monoisotopic (exact) mass is 654 g/mol. The number of anilines is 2. The first-order chi connectivity index (χ1) is 23.7. The molecule has 0 amide bonds. The third kappa shape index (κ3) is 5.15. The zero-order chi connectivity index (χ0) is 32.2. The number of para-hydroxylation sites is 2. The first-order valence-electron chi connectivity index (χ1n) is 16.6. The molecule has 0 spiro atoms. The molecule has 1 aliphatic rings. The van der Waals surface area contributed by atoms with E-state index in [9.17, 15) is 9.59 Å². The minimum atomic E-state index is 0. The zero-order valence-electron chi connectivity index (χ0n) is 26.4. The van der Waals surface area contributed by atoms with Gasteiger partial charge in [0, 0.05) is 61.4 Å². The number of pyridine rings is 2. The first kappa shape index (κ1) is 30.8. The Hall–Kier alpha value is -5.46. The summed E-state index contributed by atoms with van der Waals surface area (Å²) in [6.45, 7) is 7.72. The van der Waals surface area contributed by atoms with Crippen LogP contribution in [0.4, 0.5) is 11.4 Å². The van der Waals surface area contributed by atoms with E-state index in [4.69, 9.17) is 0 Å². The van der Waals surface area contributed by atoms with Crippen LogP contribution in [0.3, 0.4) is 0 Å². The van der Waals surface area contributed by atoms with Gasteiger partial charge in [-0.25, -0.2) is 9.03 Å². The second-order valence-electron chi connectivity index (χ2n) is 12.7. The second-order valence-corrected chi connectivity index (χ2v) is 12.7. The molecule has 4 aromatic heterocycles. The summed E-state index contributed by atoms with van der Waals surface area (Å²) in [6.07, 6.45) is 1.96. The molecule has 1 saturated heterocycles. The number of rotatable bonds is 10. The van der Waals surface area contributed by atoms with E-state index in [0.29, 0.717) is 21.5 Å². The first-order valence-corrected chi connectivity index (χ1v) is 16.6. The van der Waals surface area contributed by atoms with Crippen LogP contribution >= 0.6 is 0 Å². The Balaban J connectivity index is 0.00000348. The topological polar surface area (TPSA) is 125 Å². The average molecular weight is 655 g/mol. The van der Waals surface area contributed by atoms with Crippen molar-refractivity contribution in [3.8, 4) is 0 Å². The van der Waals surface area contributed by atoms with E-state index < -0.39 is 0 Å². The number of benzene rings is 4. The molecule has 1 fully saturated rings. The maximum absolute atomic E-state index is 13.5. The zero-order valence-corrected chi connectivity index (χ0v) is 26.4. The van der Waals surface area contributed by atoms with Crippen LogP contribution in [-0.4, -0.2) is 91.8 Å². The van der Waals surface area contributed by atoms with Crippen molar-refractivity contribution in [1.82, 2.24) is 39.5 Å². The van der Waals surface area contributed by atoms with Crippen LogP contribution in [-0.2, 0) is 0 Å². The molecule has 12 nitrogen and oxygen atoms in total. The molecule has 5 heterocycles. The van der Waals surface area contributed by atoms with Gasteiger partial charge < -0.3 is 20.4 Å². The third-order valence-electron chi connectivity index (χ3n) is 9.83. The fraction of sp³-hybridized carbons (Fsp3) is 0.297. The summed E-state index contributed by atoms with van der Waals surface area (Å²) in [6, 6.07) is 22.9. The molecule has 0 aliphatic carbocycles. The normalized spacial score (nSPS) is 14.5. The number of piperazine rings is 1. The van der Waals surface area contributed by atoms with Gasteiger partial charge in [-0.2, -0.15) is 0 Å². The van der Waals surface area contributed by atoms with Crippen molar-refractivity contribution in [2.24, 2.45) is 0 Å². The maximum atomic E-state index is 13.5. The van der Waals surface area contributed by atoms with Crippen molar-refractivity contribution in [3.05, 3.63) is 93.2 Å². The molecule has 2 N–H and O–H groups in total.